The molecule has 0 spiro atoms. The molecule has 1 heterocycles. The van der Waals surface area contributed by atoms with Gasteiger partial charge in [-0.25, -0.2) is 14.8 Å². The lowest BCUT2D eigenvalue weighted by molar-refractivity contribution is -0.138. The molecular weight excluding hydrogens is 613 g/mol. The number of rotatable bonds is 12. The van der Waals surface area contributed by atoms with Gasteiger partial charge in [-0.3, -0.25) is 10.2 Å². The molecule has 7 nitrogen and oxygen atoms in total. The van der Waals surface area contributed by atoms with Gasteiger partial charge in [0, 0.05) is 47.2 Å². The van der Waals surface area contributed by atoms with Crippen LogP contribution in [0.3, 0.4) is 0 Å². The normalized spacial score (nSPS) is 18.1. The minimum Gasteiger partial charge on any atom is -0.494 e. The minimum absolute atomic E-state index is 0.00346. The standard InChI is InChI=1S/C30H27Cl2F4N3O4/c1-2-10-29(28(41)39-37-17-18-13-20(30(34,35)36)15-22(33)14-18)26(24-9-6-21(31)16-25(24)32)43-27(38-29)19-4-7-23(8-5-19)42-12-3-11-40/h2,4-9,13-16,26,37,40H,1,3,10-12,17H2,(H,39,41)/t26-,29-/m0/s1. The Balaban J connectivity index is 1.64. The SMILES string of the molecule is C=CC[C@]1(C(=O)NNCc2cc(F)cc(C(F)(F)F)c2)N=C(c2ccc(OCCCO)cc2)O[C@H]1c1ccc(Cl)cc1Cl. The summed E-state index contributed by atoms with van der Waals surface area (Å²) in [5.74, 6) is -1.09. The van der Waals surface area contributed by atoms with Gasteiger partial charge >= 0.3 is 6.18 Å². The van der Waals surface area contributed by atoms with Crippen molar-refractivity contribution in [2.45, 2.75) is 37.2 Å². The Bertz CT molecular complexity index is 1500. The van der Waals surface area contributed by atoms with Gasteiger partial charge in [0.25, 0.3) is 5.91 Å². The third-order valence-electron chi connectivity index (χ3n) is 6.51. The molecule has 1 aliphatic heterocycles. The van der Waals surface area contributed by atoms with Gasteiger partial charge in [0.15, 0.2) is 11.6 Å². The third-order valence-corrected chi connectivity index (χ3v) is 7.07. The Morgan fingerprint density at radius 3 is 2.53 bits per heavy atom. The Hall–Kier alpha value is -3.64. The molecule has 0 aliphatic carbocycles. The van der Waals surface area contributed by atoms with E-state index in [9.17, 15) is 22.4 Å². The van der Waals surface area contributed by atoms with E-state index < -0.39 is 35.1 Å². The molecule has 0 aromatic heterocycles. The first-order valence-corrected chi connectivity index (χ1v) is 13.8. The molecule has 228 valence electrons. The number of aliphatic hydroxyl groups is 1. The first kappa shape index (κ1) is 32.3. The molecule has 0 fully saturated rings. The van der Waals surface area contributed by atoms with Crippen LogP contribution in [0, 0.1) is 5.82 Å². The third kappa shape index (κ3) is 7.66. The van der Waals surface area contributed by atoms with Crippen LogP contribution < -0.4 is 15.6 Å². The lowest BCUT2D eigenvalue weighted by Crippen LogP contribution is -2.52. The number of hydrazine groups is 1. The fraction of sp³-hybridized carbons (Fsp3) is 0.267. The summed E-state index contributed by atoms with van der Waals surface area (Å²) in [7, 11) is 0. The van der Waals surface area contributed by atoms with Crippen LogP contribution in [0.5, 0.6) is 5.75 Å². The zero-order valence-electron chi connectivity index (χ0n) is 22.6. The molecule has 1 aliphatic rings. The summed E-state index contributed by atoms with van der Waals surface area (Å²) in [6.07, 6.45) is -3.87. The molecule has 2 atom stereocenters. The Kier molecular flexibility index (Phi) is 10.3. The number of benzene rings is 3. The largest absolute Gasteiger partial charge is 0.494 e. The second kappa shape index (κ2) is 13.8. The quantitative estimate of drug-likeness (QED) is 0.0903. The van der Waals surface area contributed by atoms with Gasteiger partial charge in [0.1, 0.15) is 11.6 Å². The van der Waals surface area contributed by atoms with Crippen LogP contribution in [0.4, 0.5) is 17.6 Å². The van der Waals surface area contributed by atoms with Gasteiger partial charge in [0.2, 0.25) is 5.90 Å². The number of halogens is 6. The Morgan fingerprint density at radius 1 is 1.14 bits per heavy atom. The van der Waals surface area contributed by atoms with E-state index in [1.807, 2.05) is 0 Å². The average Bonchev–Trinajstić information content (AvgIpc) is 3.33. The lowest BCUT2D eigenvalue weighted by Gasteiger charge is -2.30. The first-order chi connectivity index (χ1) is 20.5. The van der Waals surface area contributed by atoms with E-state index in [0.717, 1.165) is 12.1 Å². The molecule has 1 amide bonds. The number of aliphatic hydroxyl groups excluding tert-OH is 1. The van der Waals surface area contributed by atoms with Gasteiger partial charge in [-0.2, -0.15) is 13.2 Å². The maximum atomic E-state index is 13.9. The first-order valence-electron chi connectivity index (χ1n) is 13.0. The molecule has 3 N–H and O–H groups in total. The Morgan fingerprint density at radius 2 is 1.88 bits per heavy atom. The summed E-state index contributed by atoms with van der Waals surface area (Å²) in [5, 5.41) is 9.53. The highest BCUT2D eigenvalue weighted by molar-refractivity contribution is 6.35. The summed E-state index contributed by atoms with van der Waals surface area (Å²) in [5.41, 5.74) is 3.13. The number of hydrogen-bond acceptors (Lipinski definition) is 6. The number of aliphatic imine (C=N–C) groups is 1. The summed E-state index contributed by atoms with van der Waals surface area (Å²) in [6, 6.07) is 13.5. The van der Waals surface area contributed by atoms with Gasteiger partial charge in [0.05, 0.1) is 12.2 Å². The van der Waals surface area contributed by atoms with Crippen molar-refractivity contribution < 1.29 is 36.9 Å². The van der Waals surface area contributed by atoms with Crippen LogP contribution in [0.25, 0.3) is 0 Å². The van der Waals surface area contributed by atoms with E-state index in [2.05, 4.69) is 22.4 Å². The maximum Gasteiger partial charge on any atom is 0.416 e. The van der Waals surface area contributed by atoms with Gasteiger partial charge in [-0.15, -0.1) is 6.58 Å². The number of hydrogen-bond donors (Lipinski definition) is 3. The van der Waals surface area contributed by atoms with Gasteiger partial charge in [-0.05, 0) is 60.2 Å². The molecule has 4 rings (SSSR count). The summed E-state index contributed by atoms with van der Waals surface area (Å²) in [6.45, 7) is 3.77. The van der Waals surface area contributed by atoms with E-state index in [1.54, 1.807) is 36.4 Å². The molecule has 13 heteroatoms. The van der Waals surface area contributed by atoms with Crippen molar-refractivity contribution in [3.63, 3.8) is 0 Å². The molecule has 0 saturated heterocycles. The van der Waals surface area contributed by atoms with Crippen molar-refractivity contribution >= 4 is 35.0 Å². The molecule has 0 unspecified atom stereocenters. The van der Waals surface area contributed by atoms with Crippen LogP contribution in [0.15, 0.2) is 78.3 Å². The highest BCUT2D eigenvalue weighted by Gasteiger charge is 2.53. The van der Waals surface area contributed by atoms with E-state index in [4.69, 9.17) is 37.8 Å². The predicted molar refractivity (Wildman–Crippen MR) is 154 cm³/mol. The van der Waals surface area contributed by atoms with Crippen LogP contribution >= 0.6 is 23.2 Å². The number of amides is 1. The van der Waals surface area contributed by atoms with E-state index in [-0.39, 0.29) is 36.1 Å². The number of carbonyl (C=O) groups is 1. The van der Waals surface area contributed by atoms with Crippen LogP contribution in [-0.4, -0.2) is 35.7 Å². The van der Waals surface area contributed by atoms with Crippen LogP contribution in [0.1, 0.15) is 41.2 Å². The van der Waals surface area contributed by atoms with Crippen molar-refractivity contribution in [2.75, 3.05) is 13.2 Å². The highest BCUT2D eigenvalue weighted by Crippen LogP contribution is 2.45. The number of ether oxygens (including phenoxy) is 2. The molecule has 0 radical (unpaired) electrons. The van der Waals surface area contributed by atoms with E-state index in [0.29, 0.717) is 41.0 Å². The highest BCUT2D eigenvalue weighted by atomic mass is 35.5. The zero-order valence-corrected chi connectivity index (χ0v) is 24.1. The van der Waals surface area contributed by atoms with Crippen LogP contribution in [-0.2, 0) is 22.3 Å². The van der Waals surface area contributed by atoms with Crippen molar-refractivity contribution in [1.82, 2.24) is 10.9 Å². The smallest absolute Gasteiger partial charge is 0.416 e. The van der Waals surface area contributed by atoms with Crippen molar-refractivity contribution in [2.24, 2.45) is 4.99 Å². The number of nitrogens with zero attached hydrogens (tertiary/aromatic N) is 1. The van der Waals surface area contributed by atoms with E-state index >= 15 is 0 Å². The number of alkyl halides is 3. The minimum atomic E-state index is -4.74. The predicted octanol–water partition coefficient (Wildman–Crippen LogP) is 6.57. The van der Waals surface area contributed by atoms with Crippen molar-refractivity contribution in [3.05, 3.63) is 111 Å². The fourth-order valence-corrected chi connectivity index (χ4v) is 4.98. The van der Waals surface area contributed by atoms with Crippen molar-refractivity contribution in [3.8, 4) is 5.75 Å². The Labute approximate surface area is 255 Å². The summed E-state index contributed by atoms with van der Waals surface area (Å²) < 4.78 is 65.1. The van der Waals surface area contributed by atoms with Gasteiger partial charge in [-0.1, -0.05) is 35.3 Å². The molecule has 3 aromatic rings. The molecule has 0 bridgehead atoms. The topological polar surface area (TPSA) is 92.2 Å². The van der Waals surface area contributed by atoms with Crippen LogP contribution in [0.2, 0.25) is 10.0 Å². The molecule has 43 heavy (non-hydrogen) atoms. The number of carbonyl (C=O) groups excluding carboxylic acids is 1. The second-order valence-corrected chi connectivity index (χ2v) is 10.4. The monoisotopic (exact) mass is 639 g/mol. The maximum absolute atomic E-state index is 13.9. The zero-order chi connectivity index (χ0) is 31.2. The molecule has 0 saturated carbocycles. The summed E-state index contributed by atoms with van der Waals surface area (Å²) in [4.78, 5) is 18.5. The summed E-state index contributed by atoms with van der Waals surface area (Å²) >= 11 is 12.6. The van der Waals surface area contributed by atoms with Gasteiger partial charge < -0.3 is 14.6 Å². The average molecular weight is 640 g/mol. The lowest BCUT2D eigenvalue weighted by atomic mass is 9.84. The molecule has 3 aromatic carbocycles. The van der Waals surface area contributed by atoms with E-state index in [1.165, 1.54) is 12.1 Å². The molecular formula is C30H27Cl2F4N3O4. The second-order valence-electron chi connectivity index (χ2n) is 9.60. The van der Waals surface area contributed by atoms with Crippen molar-refractivity contribution in [1.29, 1.82) is 0 Å². The number of nitrogens with one attached hydrogen (secondary N) is 2. The fourth-order valence-electron chi connectivity index (χ4n) is 4.48.